The Hall–Kier alpha value is -3.41. The van der Waals surface area contributed by atoms with Crippen LogP contribution in [-0.2, 0) is 36.4 Å². The number of benzene rings is 3. The van der Waals surface area contributed by atoms with E-state index in [4.69, 9.17) is 14.0 Å². The first-order valence-corrected chi connectivity index (χ1v) is 14.7. The number of alkyl carbamates (subject to hydrolysis) is 1. The van der Waals surface area contributed by atoms with Crippen molar-refractivity contribution >= 4 is 20.1 Å². The van der Waals surface area contributed by atoms with Gasteiger partial charge in [0.25, 0.3) is 0 Å². The number of carbonyl (C=O) groups is 2. The summed E-state index contributed by atoms with van der Waals surface area (Å²) in [6, 6.07) is 29.9. The van der Waals surface area contributed by atoms with Crippen LogP contribution in [0.25, 0.3) is 0 Å². The monoisotopic (exact) mass is 551 g/mol. The molecule has 0 fully saturated rings. The van der Waals surface area contributed by atoms with Gasteiger partial charge in [0.15, 0.2) is 0 Å². The molecule has 1 amide bonds. The van der Waals surface area contributed by atoms with Gasteiger partial charge in [0.2, 0.25) is 8.03 Å². The van der Waals surface area contributed by atoms with Gasteiger partial charge in [-0.1, -0.05) is 91.0 Å². The predicted molar refractivity (Wildman–Crippen MR) is 153 cm³/mol. The van der Waals surface area contributed by atoms with Gasteiger partial charge in [0.1, 0.15) is 12.4 Å². The zero-order valence-electron chi connectivity index (χ0n) is 22.4. The minimum Gasteiger partial charge on any atom is -0.469 e. The Morgan fingerprint density at radius 3 is 2.08 bits per heavy atom. The first-order valence-electron chi connectivity index (χ1n) is 13.3. The van der Waals surface area contributed by atoms with Gasteiger partial charge in [-0.05, 0) is 54.7 Å². The van der Waals surface area contributed by atoms with E-state index in [1.807, 2.05) is 54.6 Å². The van der Waals surface area contributed by atoms with Gasteiger partial charge < -0.3 is 19.3 Å². The van der Waals surface area contributed by atoms with Crippen LogP contribution in [0.5, 0.6) is 0 Å². The molecule has 3 aromatic carbocycles. The number of hydrogen-bond acceptors (Lipinski definition) is 6. The maximum absolute atomic E-state index is 13.1. The molecule has 0 heterocycles. The highest BCUT2D eigenvalue weighted by molar-refractivity contribution is 7.40. The summed E-state index contributed by atoms with van der Waals surface area (Å²) in [6.07, 6.45) is 3.10. The van der Waals surface area contributed by atoms with Gasteiger partial charge in [-0.25, -0.2) is 4.79 Å². The lowest BCUT2D eigenvalue weighted by Gasteiger charge is -2.20. The van der Waals surface area contributed by atoms with Crippen LogP contribution in [0, 0.1) is 0 Å². The van der Waals surface area contributed by atoms with Crippen LogP contribution in [0.15, 0.2) is 91.0 Å². The maximum Gasteiger partial charge on any atom is 0.408 e. The second-order valence-corrected chi connectivity index (χ2v) is 10.9. The number of methoxy groups -OCH3 is 1. The second-order valence-electron chi connectivity index (χ2n) is 9.32. The van der Waals surface area contributed by atoms with Crippen molar-refractivity contribution in [3.63, 3.8) is 0 Å². The number of rotatable bonds is 16. The molecular weight excluding hydrogens is 513 g/mol. The van der Waals surface area contributed by atoms with Crippen LogP contribution in [0.3, 0.4) is 0 Å². The summed E-state index contributed by atoms with van der Waals surface area (Å²) < 4.78 is 28.9. The van der Waals surface area contributed by atoms with Crippen molar-refractivity contribution in [2.45, 2.75) is 56.8 Å². The number of amides is 1. The number of nitrogens with one attached hydrogen (secondary N) is 1. The minimum absolute atomic E-state index is 0.00598. The van der Waals surface area contributed by atoms with E-state index in [0.717, 1.165) is 24.8 Å². The number of carbonyl (C=O) groups excluding carboxylic acids is 2. The van der Waals surface area contributed by atoms with E-state index in [0.29, 0.717) is 6.42 Å². The quantitative estimate of drug-likeness (QED) is 0.154. The summed E-state index contributed by atoms with van der Waals surface area (Å²) in [5.41, 5.74) is 3.37. The molecule has 0 aliphatic carbocycles. The standard InChI is InChI=1S/C31H38NO6P/c1-36-30(33)21-20-29(32-31(34)37-24-26-14-7-3-8-15-26)39(35)38-23-22-28(27-17-9-4-10-18-27)19-11-16-25-12-5-2-6-13-25/h2-10,12-15,17-18,28-29,39H,11,16,19-24H2,1H3,(H,32,34). The normalized spacial score (nSPS) is 13.2. The van der Waals surface area contributed by atoms with Crippen LogP contribution in [0.1, 0.15) is 54.7 Å². The van der Waals surface area contributed by atoms with Crippen LogP contribution in [0.4, 0.5) is 4.79 Å². The molecule has 7 nitrogen and oxygen atoms in total. The van der Waals surface area contributed by atoms with Crippen LogP contribution >= 0.6 is 8.03 Å². The van der Waals surface area contributed by atoms with Gasteiger partial charge in [-0.15, -0.1) is 0 Å². The van der Waals surface area contributed by atoms with Crippen molar-refractivity contribution in [1.29, 1.82) is 0 Å². The van der Waals surface area contributed by atoms with Gasteiger partial charge in [-0.2, -0.15) is 0 Å². The molecule has 0 bridgehead atoms. The summed E-state index contributed by atoms with van der Waals surface area (Å²) in [6.45, 7) is 0.359. The van der Waals surface area contributed by atoms with E-state index in [1.54, 1.807) is 0 Å². The lowest BCUT2D eigenvalue weighted by Crippen LogP contribution is -2.33. The molecule has 0 spiro atoms. The third-order valence-corrected chi connectivity index (χ3v) is 7.99. The smallest absolute Gasteiger partial charge is 0.408 e. The SMILES string of the molecule is COC(=O)CCC(NC(=O)OCc1ccccc1)[PH](=O)OCCC(CCCc1ccccc1)c1ccccc1. The Morgan fingerprint density at radius 1 is 0.821 bits per heavy atom. The van der Waals surface area contributed by atoms with Crippen LogP contribution in [0.2, 0.25) is 0 Å². The first kappa shape index (κ1) is 30.1. The Kier molecular flexibility index (Phi) is 13.3. The molecule has 0 saturated heterocycles. The first-order chi connectivity index (χ1) is 19.0. The molecule has 208 valence electrons. The second kappa shape index (κ2) is 17.2. The van der Waals surface area contributed by atoms with Crippen LogP contribution in [-0.4, -0.2) is 31.6 Å². The molecule has 0 aromatic heterocycles. The molecule has 0 saturated carbocycles. The van der Waals surface area contributed by atoms with E-state index < -0.39 is 25.9 Å². The summed E-state index contributed by atoms with van der Waals surface area (Å²) >= 11 is 0. The highest BCUT2D eigenvalue weighted by Crippen LogP contribution is 2.33. The van der Waals surface area contributed by atoms with E-state index >= 15 is 0 Å². The molecule has 3 atom stereocenters. The molecule has 3 unspecified atom stereocenters. The topological polar surface area (TPSA) is 90.9 Å². The van der Waals surface area contributed by atoms with Gasteiger partial charge in [-0.3, -0.25) is 9.36 Å². The van der Waals surface area contributed by atoms with Gasteiger partial charge in [0, 0.05) is 6.42 Å². The van der Waals surface area contributed by atoms with E-state index in [-0.39, 0.29) is 32.0 Å². The number of hydrogen-bond donors (Lipinski definition) is 1. The number of aryl methyl sites for hydroxylation is 1. The summed E-state index contributed by atoms with van der Waals surface area (Å²) in [5.74, 6) is -1.04. The summed E-state index contributed by atoms with van der Waals surface area (Å²) in [7, 11) is -1.43. The lowest BCUT2D eigenvalue weighted by molar-refractivity contribution is -0.140. The van der Waals surface area contributed by atoms with Crippen molar-refractivity contribution < 1.29 is 28.2 Å². The maximum atomic E-state index is 13.1. The Bertz CT molecular complexity index is 1140. The average molecular weight is 552 g/mol. The van der Waals surface area contributed by atoms with Crippen molar-refractivity contribution in [3.05, 3.63) is 108 Å². The molecule has 0 radical (unpaired) electrons. The molecule has 8 heteroatoms. The Labute approximate surface area is 231 Å². The molecule has 1 N–H and O–H groups in total. The van der Waals surface area contributed by atoms with E-state index in [9.17, 15) is 14.2 Å². The fourth-order valence-electron chi connectivity index (χ4n) is 4.32. The molecule has 39 heavy (non-hydrogen) atoms. The summed E-state index contributed by atoms with van der Waals surface area (Å²) in [5, 5.41) is 2.63. The molecule has 3 rings (SSSR count). The predicted octanol–water partition coefficient (Wildman–Crippen LogP) is 6.88. The number of ether oxygens (including phenoxy) is 2. The zero-order chi connectivity index (χ0) is 27.7. The van der Waals surface area contributed by atoms with Gasteiger partial charge in [0.05, 0.1) is 13.7 Å². The summed E-state index contributed by atoms with van der Waals surface area (Å²) in [4.78, 5) is 24.1. The van der Waals surface area contributed by atoms with Crippen molar-refractivity contribution in [3.8, 4) is 0 Å². The minimum atomic E-state index is -2.72. The van der Waals surface area contributed by atoms with Gasteiger partial charge >= 0.3 is 12.1 Å². The van der Waals surface area contributed by atoms with Crippen LogP contribution < -0.4 is 5.32 Å². The van der Waals surface area contributed by atoms with E-state index in [1.165, 1.54) is 18.2 Å². The zero-order valence-corrected chi connectivity index (χ0v) is 23.4. The van der Waals surface area contributed by atoms with Crippen molar-refractivity contribution in [2.24, 2.45) is 0 Å². The molecule has 3 aromatic rings. The Morgan fingerprint density at radius 2 is 1.44 bits per heavy atom. The fraction of sp³-hybridized carbons (Fsp3) is 0.355. The average Bonchev–Trinajstić information content (AvgIpc) is 2.98. The van der Waals surface area contributed by atoms with E-state index in [2.05, 4.69) is 41.7 Å². The molecule has 0 aliphatic rings. The van der Waals surface area contributed by atoms with Crippen molar-refractivity contribution in [1.82, 2.24) is 5.32 Å². The lowest BCUT2D eigenvalue weighted by atomic mass is 9.90. The third-order valence-electron chi connectivity index (χ3n) is 6.50. The fourth-order valence-corrected chi connectivity index (χ4v) is 5.46. The van der Waals surface area contributed by atoms with Crippen molar-refractivity contribution in [2.75, 3.05) is 13.7 Å². The number of esters is 1. The highest BCUT2D eigenvalue weighted by Gasteiger charge is 2.23. The molecule has 0 aliphatic heterocycles. The largest absolute Gasteiger partial charge is 0.469 e. The third kappa shape index (κ3) is 11.5. The Balaban J connectivity index is 1.53. The molecular formula is C31H38NO6P. The highest BCUT2D eigenvalue weighted by atomic mass is 31.1.